The predicted octanol–water partition coefficient (Wildman–Crippen LogP) is 4.47. The average molecular weight is 360 g/mol. The second kappa shape index (κ2) is 6.69. The molecule has 1 fully saturated rings. The molecule has 0 bridgehead atoms. The maximum atomic E-state index is 11.8. The van der Waals surface area contributed by atoms with E-state index in [9.17, 15) is 5.11 Å². The fraction of sp³-hybridized carbons (Fsp3) is 0.600. The van der Waals surface area contributed by atoms with Crippen molar-refractivity contribution in [2.75, 3.05) is 0 Å². The number of nitrogens with one attached hydrogen (secondary N) is 1. The Morgan fingerprint density at radius 2 is 2.08 bits per heavy atom. The minimum absolute atomic E-state index is 0.162. The van der Waals surface area contributed by atoms with Crippen LogP contribution < -0.4 is 0 Å². The molecule has 2 unspecified atom stereocenters. The topological polar surface area (TPSA) is 53.8 Å². The molecule has 136 valence electrons. The molecule has 0 radical (unpaired) electrons. The third kappa shape index (κ3) is 3.32. The average Bonchev–Trinajstić information content (AvgIpc) is 3.04. The number of hydrogen-bond acceptors (Lipinski definition) is 3. The number of aromatic nitrogens is 3. The molecule has 25 heavy (non-hydrogen) atoms. The number of H-pyrrole nitrogens is 1. The fourth-order valence-corrected chi connectivity index (χ4v) is 4.51. The molecule has 1 aliphatic rings. The Labute approximate surface area is 155 Å². The Balaban J connectivity index is 1.93. The van der Waals surface area contributed by atoms with Gasteiger partial charge in [-0.2, -0.15) is 0 Å². The summed E-state index contributed by atoms with van der Waals surface area (Å²) in [4.78, 5) is 4.10. The molecule has 0 spiro atoms. The summed E-state index contributed by atoms with van der Waals surface area (Å²) in [6.45, 7) is 9.26. The van der Waals surface area contributed by atoms with E-state index < -0.39 is 5.60 Å². The van der Waals surface area contributed by atoms with Gasteiger partial charge in [0.25, 0.3) is 0 Å². The van der Waals surface area contributed by atoms with Crippen molar-refractivity contribution in [3.05, 3.63) is 46.5 Å². The summed E-state index contributed by atoms with van der Waals surface area (Å²) in [6, 6.07) is 8.63. The molecular formula is C20H29N3OS. The molecule has 0 amide bonds. The van der Waals surface area contributed by atoms with Crippen LogP contribution in [-0.2, 0) is 13.0 Å². The van der Waals surface area contributed by atoms with Crippen LogP contribution in [-0.4, -0.2) is 25.5 Å². The molecule has 0 saturated heterocycles. The third-order valence-corrected chi connectivity index (χ3v) is 6.45. The van der Waals surface area contributed by atoms with E-state index in [2.05, 4.69) is 62.0 Å². The lowest BCUT2D eigenvalue weighted by atomic mass is 9.72. The van der Waals surface area contributed by atoms with E-state index in [-0.39, 0.29) is 11.3 Å². The van der Waals surface area contributed by atoms with Crippen molar-refractivity contribution in [1.29, 1.82) is 0 Å². The SMILES string of the molecule is CC(C)c1ccccc1CC1CCC(C)(C)C1(O)Cn1[nH]cnc1=S. The van der Waals surface area contributed by atoms with E-state index in [1.165, 1.54) is 11.1 Å². The zero-order valence-corrected chi connectivity index (χ0v) is 16.4. The zero-order chi connectivity index (χ0) is 18.2. The molecule has 5 heteroatoms. The van der Waals surface area contributed by atoms with Gasteiger partial charge in [-0.3, -0.25) is 9.78 Å². The third-order valence-electron chi connectivity index (χ3n) is 6.13. The first kappa shape index (κ1) is 18.3. The van der Waals surface area contributed by atoms with Crippen molar-refractivity contribution in [1.82, 2.24) is 14.8 Å². The monoisotopic (exact) mass is 359 g/mol. The second-order valence-electron chi connectivity index (χ2n) is 8.36. The smallest absolute Gasteiger partial charge is 0.215 e. The van der Waals surface area contributed by atoms with E-state index in [1.54, 1.807) is 11.0 Å². The standard InChI is InChI=1S/C20H29N3OS/c1-14(2)17-8-6-5-7-15(17)11-16-9-10-19(3,4)20(16,24)12-23-18(25)21-13-22-23/h5-8,13-14,16,24H,9-12H2,1-4H3,(H,21,22,25). The number of aliphatic hydroxyl groups is 1. The van der Waals surface area contributed by atoms with Crippen molar-refractivity contribution in [3.63, 3.8) is 0 Å². The molecule has 0 aliphatic heterocycles. The van der Waals surface area contributed by atoms with E-state index in [4.69, 9.17) is 12.2 Å². The molecule has 1 aromatic heterocycles. The Morgan fingerprint density at radius 3 is 2.72 bits per heavy atom. The first-order chi connectivity index (χ1) is 11.7. The zero-order valence-electron chi connectivity index (χ0n) is 15.6. The van der Waals surface area contributed by atoms with Gasteiger partial charge in [-0.1, -0.05) is 52.0 Å². The lowest BCUT2D eigenvalue weighted by Crippen LogP contribution is -2.49. The van der Waals surface area contributed by atoms with Crippen molar-refractivity contribution in [3.8, 4) is 0 Å². The van der Waals surface area contributed by atoms with Crippen LogP contribution in [0.2, 0.25) is 0 Å². The molecular weight excluding hydrogens is 330 g/mol. The summed E-state index contributed by atoms with van der Waals surface area (Å²) in [7, 11) is 0. The van der Waals surface area contributed by atoms with Gasteiger partial charge in [0, 0.05) is 0 Å². The van der Waals surface area contributed by atoms with Gasteiger partial charge in [-0.15, -0.1) is 0 Å². The van der Waals surface area contributed by atoms with Crippen LogP contribution in [0.5, 0.6) is 0 Å². The Kier molecular flexibility index (Phi) is 4.91. The van der Waals surface area contributed by atoms with Crippen LogP contribution >= 0.6 is 12.2 Å². The first-order valence-corrected chi connectivity index (χ1v) is 9.56. The largest absolute Gasteiger partial charge is 0.387 e. The van der Waals surface area contributed by atoms with Gasteiger partial charge in [0.2, 0.25) is 4.77 Å². The Hall–Kier alpha value is -1.46. The highest BCUT2D eigenvalue weighted by Gasteiger charge is 2.54. The highest BCUT2D eigenvalue weighted by Crippen LogP contribution is 2.51. The first-order valence-electron chi connectivity index (χ1n) is 9.15. The molecule has 1 saturated carbocycles. The minimum atomic E-state index is -0.818. The van der Waals surface area contributed by atoms with E-state index >= 15 is 0 Å². The fourth-order valence-electron chi connectivity index (χ4n) is 4.34. The summed E-state index contributed by atoms with van der Waals surface area (Å²) in [5, 5.41) is 14.8. The van der Waals surface area contributed by atoms with Gasteiger partial charge >= 0.3 is 0 Å². The van der Waals surface area contributed by atoms with Crippen LogP contribution in [0.1, 0.15) is 57.6 Å². The number of nitrogens with zero attached hydrogens (tertiary/aromatic N) is 2. The molecule has 2 atom stereocenters. The molecule has 1 heterocycles. The van der Waals surface area contributed by atoms with Gasteiger partial charge in [0.1, 0.15) is 6.33 Å². The number of benzene rings is 1. The van der Waals surface area contributed by atoms with Gasteiger partial charge in [0.05, 0.1) is 12.1 Å². The summed E-state index contributed by atoms with van der Waals surface area (Å²) >= 11 is 5.28. The van der Waals surface area contributed by atoms with Crippen LogP contribution in [0.15, 0.2) is 30.6 Å². The van der Waals surface area contributed by atoms with Crippen LogP contribution in [0.25, 0.3) is 0 Å². The molecule has 2 aromatic rings. The molecule has 1 aliphatic carbocycles. The van der Waals surface area contributed by atoms with Gasteiger partial charge in [-0.25, -0.2) is 4.98 Å². The lowest BCUT2D eigenvalue weighted by Gasteiger charge is -2.41. The maximum absolute atomic E-state index is 11.8. The van der Waals surface area contributed by atoms with Gasteiger partial charge in [0.15, 0.2) is 0 Å². The van der Waals surface area contributed by atoms with Crippen LogP contribution in [0, 0.1) is 16.1 Å². The summed E-state index contributed by atoms with van der Waals surface area (Å²) < 4.78 is 2.29. The molecule has 3 rings (SSSR count). The van der Waals surface area contributed by atoms with Crippen LogP contribution in [0.3, 0.4) is 0 Å². The number of aromatic amines is 1. The molecule has 2 N–H and O–H groups in total. The summed E-state index contributed by atoms with van der Waals surface area (Å²) in [5.74, 6) is 0.688. The van der Waals surface area contributed by atoms with E-state index in [0.717, 1.165) is 19.3 Å². The van der Waals surface area contributed by atoms with Gasteiger partial charge in [-0.05, 0) is 59.9 Å². The quantitative estimate of drug-likeness (QED) is 0.774. The number of rotatable bonds is 5. The summed E-state index contributed by atoms with van der Waals surface area (Å²) in [5.41, 5.74) is 1.76. The molecule has 1 aromatic carbocycles. The Morgan fingerprint density at radius 1 is 1.36 bits per heavy atom. The Bertz CT molecular complexity index is 792. The lowest BCUT2D eigenvalue weighted by molar-refractivity contribution is -0.0910. The number of hydrogen-bond donors (Lipinski definition) is 2. The van der Waals surface area contributed by atoms with Crippen molar-refractivity contribution < 1.29 is 5.11 Å². The second-order valence-corrected chi connectivity index (χ2v) is 8.72. The minimum Gasteiger partial charge on any atom is -0.387 e. The normalized spacial score (nSPS) is 25.6. The van der Waals surface area contributed by atoms with Crippen molar-refractivity contribution in [2.24, 2.45) is 11.3 Å². The predicted molar refractivity (Wildman–Crippen MR) is 103 cm³/mol. The summed E-state index contributed by atoms with van der Waals surface area (Å²) in [6.07, 6.45) is 4.53. The van der Waals surface area contributed by atoms with Crippen molar-refractivity contribution >= 4 is 12.2 Å². The highest BCUT2D eigenvalue weighted by molar-refractivity contribution is 7.71. The highest BCUT2D eigenvalue weighted by atomic mass is 32.1. The van der Waals surface area contributed by atoms with E-state index in [0.29, 0.717) is 17.2 Å². The van der Waals surface area contributed by atoms with Crippen LogP contribution in [0.4, 0.5) is 0 Å². The molecule has 4 nitrogen and oxygen atoms in total. The van der Waals surface area contributed by atoms with Crippen molar-refractivity contribution in [2.45, 2.75) is 65.0 Å². The maximum Gasteiger partial charge on any atom is 0.215 e. The van der Waals surface area contributed by atoms with E-state index in [1.807, 2.05) is 0 Å². The van der Waals surface area contributed by atoms with Gasteiger partial charge < -0.3 is 5.11 Å².